The van der Waals surface area contributed by atoms with Gasteiger partial charge in [0.2, 0.25) is 0 Å². The lowest BCUT2D eigenvalue weighted by Gasteiger charge is -2.10. The van der Waals surface area contributed by atoms with Crippen LogP contribution in [0.4, 0.5) is 0 Å². The molecule has 0 fully saturated rings. The molecule has 0 saturated heterocycles. The maximum atomic E-state index is 11.6. The number of hydrogen-bond acceptors (Lipinski definition) is 3. The highest BCUT2D eigenvalue weighted by atomic mass is 16.4. The molecule has 2 N–H and O–H groups in total. The van der Waals surface area contributed by atoms with E-state index in [1.807, 2.05) is 0 Å². The second-order valence-electron chi connectivity index (χ2n) is 3.54. The molecule has 0 spiro atoms. The van der Waals surface area contributed by atoms with Crippen LogP contribution in [-0.4, -0.2) is 33.1 Å². The number of carbonyl (C=O) groups is 2. The summed E-state index contributed by atoms with van der Waals surface area (Å²) in [4.78, 5) is 26.1. The fourth-order valence-electron chi connectivity index (χ4n) is 1.29. The predicted octanol–water partition coefficient (Wildman–Crippen LogP) is 0.261. The predicted molar refractivity (Wildman–Crippen MR) is 57.0 cm³/mol. The van der Waals surface area contributed by atoms with Gasteiger partial charge in [0.25, 0.3) is 5.91 Å². The molecule has 0 aliphatic heterocycles. The summed E-state index contributed by atoms with van der Waals surface area (Å²) >= 11 is 0. The van der Waals surface area contributed by atoms with Gasteiger partial charge in [0.15, 0.2) is 0 Å². The lowest BCUT2D eigenvalue weighted by molar-refractivity contribution is -0.141. The lowest BCUT2D eigenvalue weighted by atomic mass is 10.1. The molecule has 16 heavy (non-hydrogen) atoms. The van der Waals surface area contributed by atoms with E-state index in [0.717, 1.165) is 0 Å². The quantitative estimate of drug-likeness (QED) is 0.752. The zero-order valence-electron chi connectivity index (χ0n) is 9.30. The second-order valence-corrected chi connectivity index (χ2v) is 3.54. The standard InChI is InChI=1S/C10H15N3O3/c1-3-7(10(15)16)4-12-9(14)8-5-11-6-13(8)2/h5-7H,3-4H2,1-2H3,(H,12,14)(H,15,16). The number of aliphatic carboxylic acids is 1. The van der Waals surface area contributed by atoms with E-state index < -0.39 is 11.9 Å². The minimum absolute atomic E-state index is 0.135. The van der Waals surface area contributed by atoms with Crippen LogP contribution in [0.2, 0.25) is 0 Å². The zero-order valence-corrected chi connectivity index (χ0v) is 9.30. The van der Waals surface area contributed by atoms with Crippen LogP contribution in [0.5, 0.6) is 0 Å². The summed E-state index contributed by atoms with van der Waals surface area (Å²) in [5.74, 6) is -1.75. The molecule has 1 rings (SSSR count). The number of carbonyl (C=O) groups excluding carboxylic acids is 1. The van der Waals surface area contributed by atoms with Crippen LogP contribution < -0.4 is 5.32 Å². The van der Waals surface area contributed by atoms with E-state index in [1.54, 1.807) is 18.5 Å². The Morgan fingerprint density at radius 2 is 2.31 bits per heavy atom. The molecule has 0 aliphatic carbocycles. The van der Waals surface area contributed by atoms with Crippen LogP contribution in [0.1, 0.15) is 23.8 Å². The smallest absolute Gasteiger partial charge is 0.308 e. The van der Waals surface area contributed by atoms with Crippen molar-refractivity contribution in [2.75, 3.05) is 6.54 Å². The minimum atomic E-state index is -0.896. The molecule has 1 atom stereocenters. The van der Waals surface area contributed by atoms with Crippen molar-refractivity contribution in [2.45, 2.75) is 13.3 Å². The molecule has 6 nitrogen and oxygen atoms in total. The molecule has 1 amide bonds. The van der Waals surface area contributed by atoms with Crippen molar-refractivity contribution in [3.8, 4) is 0 Å². The Balaban J connectivity index is 2.53. The fraction of sp³-hybridized carbons (Fsp3) is 0.500. The van der Waals surface area contributed by atoms with E-state index >= 15 is 0 Å². The third-order valence-corrected chi connectivity index (χ3v) is 2.40. The Bertz CT molecular complexity index is 386. The number of imidazole rings is 1. The van der Waals surface area contributed by atoms with Crippen molar-refractivity contribution >= 4 is 11.9 Å². The highest BCUT2D eigenvalue weighted by molar-refractivity contribution is 5.92. The molecule has 1 heterocycles. The third-order valence-electron chi connectivity index (χ3n) is 2.40. The summed E-state index contributed by atoms with van der Waals surface area (Å²) in [5, 5.41) is 11.4. The van der Waals surface area contributed by atoms with Crippen LogP contribution in [0.25, 0.3) is 0 Å². The van der Waals surface area contributed by atoms with E-state index in [-0.39, 0.29) is 12.5 Å². The van der Waals surface area contributed by atoms with Gasteiger partial charge in [0.1, 0.15) is 5.69 Å². The van der Waals surface area contributed by atoms with Gasteiger partial charge in [-0.1, -0.05) is 6.92 Å². The van der Waals surface area contributed by atoms with E-state index in [4.69, 9.17) is 5.11 Å². The largest absolute Gasteiger partial charge is 0.481 e. The summed E-state index contributed by atoms with van der Waals surface area (Å²) < 4.78 is 1.58. The first kappa shape index (κ1) is 12.2. The average molecular weight is 225 g/mol. The van der Waals surface area contributed by atoms with E-state index in [1.165, 1.54) is 12.5 Å². The number of nitrogens with zero attached hydrogens (tertiary/aromatic N) is 2. The third kappa shape index (κ3) is 2.82. The van der Waals surface area contributed by atoms with Gasteiger partial charge in [-0.2, -0.15) is 0 Å². The molecule has 6 heteroatoms. The summed E-state index contributed by atoms with van der Waals surface area (Å²) in [6.07, 6.45) is 3.45. The molecule has 0 aliphatic rings. The van der Waals surface area contributed by atoms with Crippen molar-refractivity contribution in [1.82, 2.24) is 14.9 Å². The van der Waals surface area contributed by atoms with Gasteiger partial charge in [-0.15, -0.1) is 0 Å². The van der Waals surface area contributed by atoms with Gasteiger partial charge in [0, 0.05) is 13.6 Å². The number of nitrogens with one attached hydrogen (secondary N) is 1. The van der Waals surface area contributed by atoms with Gasteiger partial charge < -0.3 is 15.0 Å². The lowest BCUT2D eigenvalue weighted by Crippen LogP contribution is -2.33. The Hall–Kier alpha value is -1.85. The summed E-state index contributed by atoms with van der Waals surface area (Å²) in [5.41, 5.74) is 0.417. The summed E-state index contributed by atoms with van der Waals surface area (Å²) in [6.45, 7) is 1.91. The van der Waals surface area contributed by atoms with Gasteiger partial charge in [-0.25, -0.2) is 4.98 Å². The molecule has 0 radical (unpaired) electrons. The molecule has 0 bridgehead atoms. The molecular formula is C10H15N3O3. The number of hydrogen-bond donors (Lipinski definition) is 2. The number of aryl methyl sites for hydroxylation is 1. The Morgan fingerprint density at radius 1 is 1.62 bits per heavy atom. The SMILES string of the molecule is CCC(CNC(=O)c1cncn1C)C(=O)O. The number of carboxylic acid groups (broad SMARTS) is 1. The highest BCUT2D eigenvalue weighted by Crippen LogP contribution is 2.02. The van der Waals surface area contributed by atoms with Gasteiger partial charge >= 0.3 is 5.97 Å². The maximum absolute atomic E-state index is 11.6. The fourth-order valence-corrected chi connectivity index (χ4v) is 1.29. The number of aromatic nitrogens is 2. The van der Waals surface area contributed by atoms with Gasteiger partial charge in [-0.3, -0.25) is 9.59 Å². The van der Waals surface area contributed by atoms with Gasteiger partial charge in [-0.05, 0) is 6.42 Å². The zero-order chi connectivity index (χ0) is 12.1. The molecule has 1 aromatic heterocycles. The first-order chi connectivity index (χ1) is 7.56. The minimum Gasteiger partial charge on any atom is -0.481 e. The molecule has 1 aromatic rings. The van der Waals surface area contributed by atoms with Crippen LogP contribution in [0, 0.1) is 5.92 Å². The Morgan fingerprint density at radius 3 is 2.75 bits per heavy atom. The van der Waals surface area contributed by atoms with Crippen molar-refractivity contribution in [1.29, 1.82) is 0 Å². The average Bonchev–Trinajstić information content (AvgIpc) is 2.64. The first-order valence-electron chi connectivity index (χ1n) is 5.03. The summed E-state index contributed by atoms with van der Waals surface area (Å²) in [6, 6.07) is 0. The van der Waals surface area contributed by atoms with Crippen molar-refractivity contribution in [3.63, 3.8) is 0 Å². The van der Waals surface area contributed by atoms with Crippen LogP contribution in [-0.2, 0) is 11.8 Å². The highest BCUT2D eigenvalue weighted by Gasteiger charge is 2.17. The number of amides is 1. The Kier molecular flexibility index (Phi) is 4.04. The molecular weight excluding hydrogens is 210 g/mol. The van der Waals surface area contributed by atoms with Crippen molar-refractivity contribution in [2.24, 2.45) is 13.0 Å². The molecule has 1 unspecified atom stereocenters. The monoisotopic (exact) mass is 225 g/mol. The van der Waals surface area contributed by atoms with Crippen LogP contribution >= 0.6 is 0 Å². The number of carboxylic acids is 1. The van der Waals surface area contributed by atoms with Crippen molar-refractivity contribution < 1.29 is 14.7 Å². The molecule has 0 aromatic carbocycles. The van der Waals surface area contributed by atoms with Gasteiger partial charge in [0.05, 0.1) is 18.4 Å². The Labute approximate surface area is 93.3 Å². The number of rotatable bonds is 5. The van der Waals surface area contributed by atoms with E-state index in [0.29, 0.717) is 12.1 Å². The van der Waals surface area contributed by atoms with Crippen LogP contribution in [0.15, 0.2) is 12.5 Å². The van der Waals surface area contributed by atoms with E-state index in [9.17, 15) is 9.59 Å². The molecule has 0 saturated carbocycles. The van der Waals surface area contributed by atoms with Crippen LogP contribution in [0.3, 0.4) is 0 Å². The molecule has 88 valence electrons. The van der Waals surface area contributed by atoms with Crippen molar-refractivity contribution in [3.05, 3.63) is 18.2 Å². The summed E-state index contributed by atoms with van der Waals surface area (Å²) in [7, 11) is 1.70. The first-order valence-corrected chi connectivity index (χ1v) is 5.03. The topological polar surface area (TPSA) is 84.2 Å². The van der Waals surface area contributed by atoms with E-state index in [2.05, 4.69) is 10.3 Å². The maximum Gasteiger partial charge on any atom is 0.308 e. The second kappa shape index (κ2) is 5.29. The normalized spacial score (nSPS) is 12.1.